The minimum Gasteiger partial charge on any atom is -0.491 e. The Kier molecular flexibility index (Phi) is 5.19. The van der Waals surface area contributed by atoms with Crippen molar-refractivity contribution in [2.75, 3.05) is 19.8 Å². The van der Waals surface area contributed by atoms with Crippen molar-refractivity contribution in [1.82, 2.24) is 5.32 Å². The molecule has 0 aromatic heterocycles. The van der Waals surface area contributed by atoms with E-state index in [1.54, 1.807) is 0 Å². The average Bonchev–Trinajstić information content (AvgIpc) is 2.46. The van der Waals surface area contributed by atoms with E-state index in [-0.39, 0.29) is 6.61 Å². The normalized spacial score (nSPS) is 10.8. The minimum absolute atomic E-state index is 0.0364. The molecule has 0 atom stereocenters. The number of fused-ring (bicyclic) bond motifs is 1. The number of rotatable bonds is 7. The molecule has 2 rings (SSSR count). The lowest BCUT2D eigenvalue weighted by Crippen LogP contribution is -2.15. The molecule has 0 fully saturated rings. The second-order valence-corrected chi connectivity index (χ2v) is 4.51. The Bertz CT molecular complexity index is 525. The summed E-state index contributed by atoms with van der Waals surface area (Å²) in [6, 6.07) is 12.4. The molecule has 0 bridgehead atoms. The van der Waals surface area contributed by atoms with Crippen LogP contribution in [0.5, 0.6) is 5.75 Å². The fourth-order valence-corrected chi connectivity index (χ4v) is 2.18. The van der Waals surface area contributed by atoms with E-state index >= 15 is 0 Å². The van der Waals surface area contributed by atoms with E-state index in [1.165, 1.54) is 16.3 Å². The molecule has 102 valence electrons. The van der Waals surface area contributed by atoms with Crippen LogP contribution in [0.3, 0.4) is 0 Å². The summed E-state index contributed by atoms with van der Waals surface area (Å²) in [6.07, 6.45) is 1.11. The zero-order valence-corrected chi connectivity index (χ0v) is 11.4. The molecule has 0 saturated heterocycles. The third kappa shape index (κ3) is 3.46. The summed E-state index contributed by atoms with van der Waals surface area (Å²) >= 11 is 0. The van der Waals surface area contributed by atoms with Crippen LogP contribution in [0.2, 0.25) is 0 Å². The van der Waals surface area contributed by atoms with Crippen molar-refractivity contribution in [2.24, 2.45) is 0 Å². The molecule has 2 aromatic rings. The molecule has 0 heterocycles. The molecule has 2 N–H and O–H groups in total. The van der Waals surface area contributed by atoms with Crippen molar-refractivity contribution in [3.05, 3.63) is 42.0 Å². The molecule has 3 heteroatoms. The second kappa shape index (κ2) is 7.12. The Hall–Kier alpha value is -1.58. The maximum atomic E-state index is 8.91. The number of aliphatic hydroxyl groups is 1. The summed E-state index contributed by atoms with van der Waals surface area (Å²) in [5, 5.41) is 14.7. The van der Waals surface area contributed by atoms with Gasteiger partial charge in [0, 0.05) is 12.1 Å². The van der Waals surface area contributed by atoms with Gasteiger partial charge in [-0.3, -0.25) is 0 Å². The molecule has 0 aliphatic rings. The Morgan fingerprint density at radius 3 is 2.79 bits per heavy atom. The van der Waals surface area contributed by atoms with Gasteiger partial charge >= 0.3 is 0 Å². The van der Waals surface area contributed by atoms with E-state index in [0.29, 0.717) is 6.61 Å². The van der Waals surface area contributed by atoms with Crippen molar-refractivity contribution in [3.63, 3.8) is 0 Å². The van der Waals surface area contributed by atoms with Gasteiger partial charge < -0.3 is 15.2 Å². The van der Waals surface area contributed by atoms with Gasteiger partial charge in [-0.05, 0) is 29.8 Å². The van der Waals surface area contributed by atoms with Crippen molar-refractivity contribution < 1.29 is 9.84 Å². The predicted octanol–water partition coefficient (Wildman–Crippen LogP) is 2.71. The van der Waals surface area contributed by atoms with Gasteiger partial charge in [-0.1, -0.05) is 37.3 Å². The number of benzene rings is 2. The van der Waals surface area contributed by atoms with Crippen LogP contribution in [-0.4, -0.2) is 24.9 Å². The highest BCUT2D eigenvalue weighted by Gasteiger charge is 2.08. The average molecular weight is 259 g/mol. The number of ether oxygens (including phenoxy) is 1. The quantitative estimate of drug-likeness (QED) is 0.751. The fourth-order valence-electron chi connectivity index (χ4n) is 2.18. The van der Waals surface area contributed by atoms with E-state index in [2.05, 4.69) is 30.4 Å². The first-order valence-corrected chi connectivity index (χ1v) is 6.81. The van der Waals surface area contributed by atoms with Crippen LogP contribution in [-0.2, 0) is 6.54 Å². The molecule has 3 nitrogen and oxygen atoms in total. The van der Waals surface area contributed by atoms with Crippen LogP contribution >= 0.6 is 0 Å². The predicted molar refractivity (Wildman–Crippen MR) is 78.5 cm³/mol. The SMILES string of the molecule is CCCNCc1c(OCCO)ccc2ccccc12. The van der Waals surface area contributed by atoms with E-state index in [0.717, 1.165) is 25.3 Å². The first kappa shape index (κ1) is 13.8. The maximum Gasteiger partial charge on any atom is 0.124 e. The largest absolute Gasteiger partial charge is 0.491 e. The summed E-state index contributed by atoms with van der Waals surface area (Å²) in [6.45, 7) is 4.30. The zero-order valence-electron chi connectivity index (χ0n) is 11.4. The Labute approximate surface area is 114 Å². The van der Waals surface area contributed by atoms with Crippen LogP contribution in [0.25, 0.3) is 10.8 Å². The molecule has 0 radical (unpaired) electrons. The molecular weight excluding hydrogens is 238 g/mol. The third-order valence-electron chi connectivity index (χ3n) is 3.08. The molecule has 19 heavy (non-hydrogen) atoms. The Morgan fingerprint density at radius 1 is 1.16 bits per heavy atom. The summed E-state index contributed by atoms with van der Waals surface area (Å²) in [4.78, 5) is 0. The zero-order chi connectivity index (χ0) is 13.5. The summed E-state index contributed by atoms with van der Waals surface area (Å²) in [5.74, 6) is 0.858. The van der Waals surface area contributed by atoms with Crippen LogP contribution in [0, 0.1) is 0 Å². The van der Waals surface area contributed by atoms with E-state index in [9.17, 15) is 0 Å². The molecule has 0 aliphatic carbocycles. The van der Waals surface area contributed by atoms with E-state index in [4.69, 9.17) is 9.84 Å². The highest BCUT2D eigenvalue weighted by atomic mass is 16.5. The van der Waals surface area contributed by atoms with Crippen molar-refractivity contribution >= 4 is 10.8 Å². The van der Waals surface area contributed by atoms with Gasteiger partial charge in [-0.25, -0.2) is 0 Å². The lowest BCUT2D eigenvalue weighted by Gasteiger charge is -2.14. The van der Waals surface area contributed by atoms with Gasteiger partial charge in [0.15, 0.2) is 0 Å². The maximum absolute atomic E-state index is 8.91. The van der Waals surface area contributed by atoms with Gasteiger partial charge in [-0.2, -0.15) is 0 Å². The highest BCUT2D eigenvalue weighted by molar-refractivity contribution is 5.87. The minimum atomic E-state index is 0.0364. The van der Waals surface area contributed by atoms with Crippen molar-refractivity contribution in [2.45, 2.75) is 19.9 Å². The second-order valence-electron chi connectivity index (χ2n) is 4.51. The van der Waals surface area contributed by atoms with Crippen LogP contribution < -0.4 is 10.1 Å². The third-order valence-corrected chi connectivity index (χ3v) is 3.08. The molecular formula is C16H21NO2. The van der Waals surface area contributed by atoms with Crippen LogP contribution in [0.1, 0.15) is 18.9 Å². The molecule has 0 unspecified atom stereocenters. The fraction of sp³-hybridized carbons (Fsp3) is 0.375. The van der Waals surface area contributed by atoms with Gasteiger partial charge in [0.05, 0.1) is 6.61 Å². The molecule has 0 saturated carbocycles. The smallest absolute Gasteiger partial charge is 0.124 e. The molecule has 0 amide bonds. The first-order chi connectivity index (χ1) is 9.36. The number of nitrogens with one attached hydrogen (secondary N) is 1. The van der Waals surface area contributed by atoms with E-state index in [1.807, 2.05) is 18.2 Å². The molecule has 2 aromatic carbocycles. The van der Waals surface area contributed by atoms with E-state index < -0.39 is 0 Å². The topological polar surface area (TPSA) is 41.5 Å². The Morgan fingerprint density at radius 2 is 2.00 bits per heavy atom. The van der Waals surface area contributed by atoms with Gasteiger partial charge in [-0.15, -0.1) is 0 Å². The van der Waals surface area contributed by atoms with Gasteiger partial charge in [0.25, 0.3) is 0 Å². The number of hydrogen-bond acceptors (Lipinski definition) is 3. The van der Waals surface area contributed by atoms with Crippen molar-refractivity contribution in [1.29, 1.82) is 0 Å². The van der Waals surface area contributed by atoms with Crippen LogP contribution in [0.15, 0.2) is 36.4 Å². The van der Waals surface area contributed by atoms with Crippen LogP contribution in [0.4, 0.5) is 0 Å². The summed E-state index contributed by atoms with van der Waals surface area (Å²) in [7, 11) is 0. The molecule has 0 spiro atoms. The lowest BCUT2D eigenvalue weighted by atomic mass is 10.0. The summed E-state index contributed by atoms with van der Waals surface area (Å²) < 4.78 is 5.64. The van der Waals surface area contributed by atoms with Gasteiger partial charge in [0.1, 0.15) is 12.4 Å². The monoisotopic (exact) mass is 259 g/mol. The first-order valence-electron chi connectivity index (χ1n) is 6.81. The lowest BCUT2D eigenvalue weighted by molar-refractivity contribution is 0.200. The highest BCUT2D eigenvalue weighted by Crippen LogP contribution is 2.28. The molecule has 0 aliphatic heterocycles. The number of hydrogen-bond donors (Lipinski definition) is 2. The Balaban J connectivity index is 2.33. The summed E-state index contributed by atoms with van der Waals surface area (Å²) in [5.41, 5.74) is 1.17. The number of aliphatic hydroxyl groups excluding tert-OH is 1. The van der Waals surface area contributed by atoms with Crippen molar-refractivity contribution in [3.8, 4) is 5.75 Å². The standard InChI is InChI=1S/C16H21NO2/c1-2-9-17-12-15-14-6-4-3-5-13(14)7-8-16(15)19-11-10-18/h3-8,17-18H,2,9-12H2,1H3. The van der Waals surface area contributed by atoms with Gasteiger partial charge in [0.2, 0.25) is 0 Å².